The molecule has 0 saturated heterocycles. The average Bonchev–Trinajstić information content (AvgIpc) is 2.51. The van der Waals surface area contributed by atoms with E-state index in [-0.39, 0.29) is 17.7 Å². The Hall–Kier alpha value is -2.30. The van der Waals surface area contributed by atoms with Crippen molar-refractivity contribution >= 4 is 17.4 Å². The summed E-state index contributed by atoms with van der Waals surface area (Å²) in [5.74, 6) is 0.206. The van der Waals surface area contributed by atoms with Crippen LogP contribution in [-0.2, 0) is 9.59 Å². The Balaban J connectivity index is 2.91. The van der Waals surface area contributed by atoms with Crippen LogP contribution < -0.4 is 15.4 Å². The van der Waals surface area contributed by atoms with Crippen molar-refractivity contribution < 1.29 is 14.3 Å². The molecule has 0 saturated carbocycles. The molecule has 0 radical (unpaired) electrons. The van der Waals surface area contributed by atoms with Crippen molar-refractivity contribution in [1.82, 2.24) is 10.6 Å². The number of benzene rings is 1. The van der Waals surface area contributed by atoms with Crippen molar-refractivity contribution in [3.8, 4) is 5.75 Å². The maximum atomic E-state index is 12.2. The fraction of sp³-hybridized carbons (Fsp3) is 0.412. The van der Waals surface area contributed by atoms with E-state index < -0.39 is 6.04 Å². The number of methoxy groups -OCH3 is 1. The minimum atomic E-state index is -0.556. The first kappa shape index (κ1) is 17.8. The lowest BCUT2D eigenvalue weighted by atomic mass is 10.0. The van der Waals surface area contributed by atoms with E-state index in [1.807, 2.05) is 45.0 Å². The summed E-state index contributed by atoms with van der Waals surface area (Å²) in [4.78, 5) is 23.9. The fourth-order valence-electron chi connectivity index (χ4n) is 2.13. The van der Waals surface area contributed by atoms with E-state index in [0.29, 0.717) is 5.75 Å². The zero-order chi connectivity index (χ0) is 16.7. The predicted molar refractivity (Wildman–Crippen MR) is 87.5 cm³/mol. The Bertz CT molecular complexity index is 565. The number of ether oxygens (including phenoxy) is 1. The number of rotatable bonds is 6. The first-order valence-electron chi connectivity index (χ1n) is 7.24. The quantitative estimate of drug-likeness (QED) is 0.790. The molecule has 22 heavy (non-hydrogen) atoms. The normalized spacial score (nSPS) is 12.7. The molecule has 0 bridgehead atoms. The summed E-state index contributed by atoms with van der Waals surface area (Å²) in [6.45, 7) is 5.61. The number of hydrogen-bond acceptors (Lipinski definition) is 3. The van der Waals surface area contributed by atoms with Crippen molar-refractivity contribution in [2.75, 3.05) is 14.2 Å². The average molecular weight is 304 g/mol. The second kappa shape index (κ2) is 8.22. The molecule has 0 spiro atoms. The number of likely N-dealkylation sites (N-methyl/N-ethyl adjacent to an activating group) is 1. The van der Waals surface area contributed by atoms with Crippen molar-refractivity contribution in [3.63, 3.8) is 0 Å². The number of amides is 2. The molecule has 5 nitrogen and oxygen atoms in total. The Morgan fingerprint density at radius 3 is 2.41 bits per heavy atom. The third-order valence-corrected chi connectivity index (χ3v) is 3.37. The van der Waals surface area contributed by atoms with Crippen molar-refractivity contribution in [1.29, 1.82) is 0 Å². The highest BCUT2D eigenvalue weighted by atomic mass is 16.5. The van der Waals surface area contributed by atoms with Gasteiger partial charge in [-0.3, -0.25) is 9.59 Å². The van der Waals surface area contributed by atoms with E-state index in [0.717, 1.165) is 11.1 Å². The van der Waals surface area contributed by atoms with Gasteiger partial charge in [0.2, 0.25) is 11.8 Å². The van der Waals surface area contributed by atoms with E-state index in [1.165, 1.54) is 6.08 Å². The van der Waals surface area contributed by atoms with Crippen LogP contribution in [0.25, 0.3) is 5.57 Å². The summed E-state index contributed by atoms with van der Waals surface area (Å²) >= 11 is 0. The molecule has 1 atom stereocenters. The van der Waals surface area contributed by atoms with Gasteiger partial charge < -0.3 is 15.4 Å². The minimum Gasteiger partial charge on any atom is -0.496 e. The van der Waals surface area contributed by atoms with Gasteiger partial charge in [-0.05, 0) is 24.5 Å². The van der Waals surface area contributed by atoms with Gasteiger partial charge in [0.15, 0.2) is 0 Å². The van der Waals surface area contributed by atoms with Gasteiger partial charge in [-0.25, -0.2) is 0 Å². The lowest BCUT2D eigenvalue weighted by Crippen LogP contribution is -2.48. The molecule has 0 heterocycles. The standard InChI is InChI=1S/C17H24N2O3/c1-11(2)16(17(21)18-4)19-15(20)10-12(3)13-8-6-7-9-14(13)22-5/h6-11,16H,1-5H3,(H,18,21)(H,19,20)/b12-10+. The molecule has 1 aromatic rings. The van der Waals surface area contributed by atoms with Gasteiger partial charge in [-0.2, -0.15) is 0 Å². The summed E-state index contributed by atoms with van der Waals surface area (Å²) in [7, 11) is 3.15. The zero-order valence-corrected chi connectivity index (χ0v) is 13.8. The second-order valence-corrected chi connectivity index (χ2v) is 5.37. The molecule has 2 N–H and O–H groups in total. The monoisotopic (exact) mass is 304 g/mol. The lowest BCUT2D eigenvalue weighted by Gasteiger charge is -2.20. The van der Waals surface area contributed by atoms with E-state index in [4.69, 9.17) is 4.74 Å². The molecule has 1 unspecified atom stereocenters. The van der Waals surface area contributed by atoms with Gasteiger partial charge >= 0.3 is 0 Å². The molecule has 5 heteroatoms. The van der Waals surface area contributed by atoms with Crippen LogP contribution in [0.1, 0.15) is 26.3 Å². The first-order chi connectivity index (χ1) is 10.4. The van der Waals surface area contributed by atoms with Gasteiger partial charge in [0.05, 0.1) is 7.11 Å². The van der Waals surface area contributed by atoms with Crippen molar-refractivity contribution in [2.45, 2.75) is 26.8 Å². The van der Waals surface area contributed by atoms with E-state index >= 15 is 0 Å². The SMILES string of the molecule is CNC(=O)C(NC(=O)/C=C(\C)c1ccccc1OC)C(C)C. The molecule has 0 aliphatic rings. The molecule has 0 aromatic heterocycles. The van der Waals surface area contributed by atoms with Gasteiger partial charge in [-0.1, -0.05) is 32.0 Å². The maximum Gasteiger partial charge on any atom is 0.244 e. The second-order valence-electron chi connectivity index (χ2n) is 5.37. The van der Waals surface area contributed by atoms with Gasteiger partial charge in [0.1, 0.15) is 11.8 Å². The minimum absolute atomic E-state index is 0.00358. The number of nitrogens with one attached hydrogen (secondary N) is 2. The Morgan fingerprint density at radius 1 is 1.23 bits per heavy atom. The van der Waals surface area contributed by atoms with E-state index in [2.05, 4.69) is 10.6 Å². The van der Waals surface area contributed by atoms with Crippen LogP contribution in [0, 0.1) is 5.92 Å². The third kappa shape index (κ3) is 4.62. The summed E-state index contributed by atoms with van der Waals surface area (Å²) in [6, 6.07) is 6.92. The highest BCUT2D eigenvalue weighted by molar-refractivity contribution is 5.98. The largest absolute Gasteiger partial charge is 0.496 e. The molecule has 0 aliphatic carbocycles. The zero-order valence-electron chi connectivity index (χ0n) is 13.8. The van der Waals surface area contributed by atoms with Crippen LogP contribution >= 0.6 is 0 Å². The molecular formula is C17H24N2O3. The van der Waals surface area contributed by atoms with Crippen LogP contribution in [0.5, 0.6) is 5.75 Å². The van der Waals surface area contributed by atoms with Crippen LogP contribution in [-0.4, -0.2) is 32.0 Å². The fourth-order valence-corrected chi connectivity index (χ4v) is 2.13. The van der Waals surface area contributed by atoms with E-state index in [1.54, 1.807) is 14.2 Å². The lowest BCUT2D eigenvalue weighted by molar-refractivity contribution is -0.127. The Morgan fingerprint density at radius 2 is 1.86 bits per heavy atom. The van der Waals surface area contributed by atoms with Crippen molar-refractivity contribution in [3.05, 3.63) is 35.9 Å². The molecule has 1 aromatic carbocycles. The summed E-state index contributed by atoms with van der Waals surface area (Å²) in [5.41, 5.74) is 1.62. The predicted octanol–water partition coefficient (Wildman–Crippen LogP) is 1.99. The third-order valence-electron chi connectivity index (χ3n) is 3.37. The molecule has 1 rings (SSSR count). The maximum absolute atomic E-state index is 12.2. The van der Waals surface area contributed by atoms with Crippen LogP contribution in [0.15, 0.2) is 30.3 Å². The molecule has 120 valence electrons. The number of allylic oxidation sites excluding steroid dienone is 1. The molecule has 2 amide bonds. The summed E-state index contributed by atoms with van der Waals surface area (Å²) in [5, 5.41) is 5.30. The summed E-state index contributed by atoms with van der Waals surface area (Å²) < 4.78 is 5.29. The van der Waals surface area contributed by atoms with Gasteiger partial charge in [-0.15, -0.1) is 0 Å². The number of para-hydroxylation sites is 1. The van der Waals surface area contributed by atoms with E-state index in [9.17, 15) is 9.59 Å². The molecule has 0 fully saturated rings. The van der Waals surface area contributed by atoms with Crippen LogP contribution in [0.2, 0.25) is 0 Å². The molecular weight excluding hydrogens is 280 g/mol. The number of hydrogen-bond donors (Lipinski definition) is 2. The van der Waals surface area contributed by atoms with Gasteiger partial charge in [0, 0.05) is 18.7 Å². The van der Waals surface area contributed by atoms with Crippen LogP contribution in [0.3, 0.4) is 0 Å². The Kier molecular flexibility index (Phi) is 6.63. The Labute approximate surface area is 131 Å². The van der Waals surface area contributed by atoms with Gasteiger partial charge in [0.25, 0.3) is 0 Å². The first-order valence-corrected chi connectivity index (χ1v) is 7.24. The summed E-state index contributed by atoms with van der Waals surface area (Å²) in [6.07, 6.45) is 1.48. The molecule has 0 aliphatic heterocycles. The topological polar surface area (TPSA) is 67.4 Å². The number of carbonyl (C=O) groups is 2. The smallest absolute Gasteiger partial charge is 0.244 e. The van der Waals surface area contributed by atoms with Crippen LogP contribution in [0.4, 0.5) is 0 Å². The van der Waals surface area contributed by atoms with Crippen molar-refractivity contribution in [2.24, 2.45) is 5.92 Å². The highest BCUT2D eigenvalue weighted by Gasteiger charge is 2.22. The number of carbonyl (C=O) groups excluding carboxylic acids is 2. The highest BCUT2D eigenvalue weighted by Crippen LogP contribution is 2.24.